The fourth-order valence-electron chi connectivity index (χ4n) is 2.83. The normalized spacial score (nSPS) is 26.1. The van der Waals surface area contributed by atoms with Gasteiger partial charge < -0.3 is 24.3 Å². The summed E-state index contributed by atoms with van der Waals surface area (Å²) in [5.74, 6) is 0. The lowest BCUT2D eigenvalue weighted by molar-refractivity contribution is 0.0151. The van der Waals surface area contributed by atoms with E-state index in [-0.39, 0.29) is 0 Å². The van der Waals surface area contributed by atoms with Gasteiger partial charge in [0.1, 0.15) is 12.3 Å². The molecule has 0 amide bonds. The van der Waals surface area contributed by atoms with Gasteiger partial charge in [0.15, 0.2) is 0 Å². The van der Waals surface area contributed by atoms with Crippen molar-refractivity contribution in [2.45, 2.75) is 25.7 Å². The Morgan fingerprint density at radius 2 is 1.42 bits per heavy atom. The van der Waals surface area contributed by atoms with E-state index in [9.17, 15) is 0 Å². The van der Waals surface area contributed by atoms with Crippen LogP contribution >= 0.6 is 0 Å². The first-order chi connectivity index (χ1) is 9.19. The molecule has 0 radical (unpaired) electrons. The maximum Gasteiger partial charge on any atom is 0.141 e. The summed E-state index contributed by atoms with van der Waals surface area (Å²) in [5, 5.41) is 0. The third kappa shape index (κ3) is 2.81. The van der Waals surface area contributed by atoms with Crippen LogP contribution in [-0.4, -0.2) is 72.8 Å². The van der Waals surface area contributed by atoms with E-state index in [0.29, 0.717) is 12.3 Å². The second-order valence-corrected chi connectivity index (χ2v) is 5.22. The molecule has 2 aliphatic heterocycles. The molecule has 2 heterocycles. The van der Waals surface area contributed by atoms with Crippen LogP contribution < -0.4 is 0 Å². The first-order valence-electron chi connectivity index (χ1n) is 7.00. The molecule has 2 rings (SSSR count). The van der Waals surface area contributed by atoms with Crippen LogP contribution in [0.15, 0.2) is 24.8 Å². The van der Waals surface area contributed by atoms with Crippen molar-refractivity contribution in [3.8, 4) is 0 Å². The van der Waals surface area contributed by atoms with E-state index in [2.05, 4.69) is 65.4 Å². The van der Waals surface area contributed by atoms with Gasteiger partial charge in [-0.3, -0.25) is 0 Å². The molecule has 2 atom stereocenters. The number of hydrogen-bond acceptors (Lipinski definition) is 5. The number of likely N-dealkylation sites (N-methyl/N-ethyl adjacent to an activating group) is 2. The first-order valence-corrected chi connectivity index (χ1v) is 7.00. The Labute approximate surface area is 116 Å². The Bertz CT molecular complexity index is 344. The maximum atomic E-state index is 5.21. The highest BCUT2D eigenvalue weighted by Crippen LogP contribution is 2.26. The first kappa shape index (κ1) is 14.1. The minimum Gasteiger partial charge on any atom is -0.383 e. The lowest BCUT2D eigenvalue weighted by Crippen LogP contribution is -2.56. The van der Waals surface area contributed by atoms with Gasteiger partial charge in [0.05, 0.1) is 6.61 Å². The largest absolute Gasteiger partial charge is 0.383 e. The molecule has 5 nitrogen and oxygen atoms in total. The van der Waals surface area contributed by atoms with Gasteiger partial charge in [-0.05, 0) is 6.42 Å². The Balaban J connectivity index is 2.08. The van der Waals surface area contributed by atoms with Gasteiger partial charge in [0, 0.05) is 59.1 Å². The van der Waals surface area contributed by atoms with Crippen LogP contribution in [0.3, 0.4) is 0 Å². The van der Waals surface area contributed by atoms with E-state index in [1.54, 1.807) is 7.11 Å². The fraction of sp³-hybridized carbons (Fsp3) is 0.714. The topological polar surface area (TPSA) is 22.2 Å². The predicted octanol–water partition coefficient (Wildman–Crippen LogP) is 1.13. The molecule has 0 aliphatic carbocycles. The number of hydrogen-bond donors (Lipinski definition) is 0. The van der Waals surface area contributed by atoms with Gasteiger partial charge in [-0.15, -0.1) is 0 Å². The monoisotopic (exact) mass is 266 g/mol. The molecule has 0 spiro atoms. The summed E-state index contributed by atoms with van der Waals surface area (Å²) < 4.78 is 5.21. The molecule has 2 aliphatic rings. The highest BCUT2D eigenvalue weighted by atomic mass is 16.5. The number of methoxy groups -OCH3 is 1. The van der Waals surface area contributed by atoms with Crippen LogP contribution in [-0.2, 0) is 4.74 Å². The molecular weight excluding hydrogens is 240 g/mol. The zero-order valence-corrected chi connectivity index (χ0v) is 12.5. The van der Waals surface area contributed by atoms with Gasteiger partial charge in [-0.1, -0.05) is 6.92 Å². The molecule has 0 bridgehead atoms. The molecule has 0 aromatic carbocycles. The molecule has 0 saturated heterocycles. The van der Waals surface area contributed by atoms with Crippen molar-refractivity contribution in [1.82, 2.24) is 19.6 Å². The summed E-state index contributed by atoms with van der Waals surface area (Å²) in [6.07, 6.45) is 10.5. The molecule has 5 heteroatoms. The fourth-order valence-corrected chi connectivity index (χ4v) is 2.83. The second kappa shape index (κ2) is 6.19. The van der Waals surface area contributed by atoms with Crippen molar-refractivity contribution in [2.24, 2.45) is 0 Å². The van der Waals surface area contributed by atoms with Crippen LogP contribution in [0.1, 0.15) is 13.3 Å². The third-order valence-corrected chi connectivity index (χ3v) is 3.80. The van der Waals surface area contributed by atoms with Crippen molar-refractivity contribution in [1.29, 1.82) is 0 Å². The number of rotatable bonds is 6. The molecule has 0 fully saturated rings. The SMILES string of the molecule is CCCN1C=CN(C)C1C1N(C)C=CN1CCOC. The molecule has 0 N–H and O–H groups in total. The predicted molar refractivity (Wildman–Crippen MR) is 77.0 cm³/mol. The van der Waals surface area contributed by atoms with E-state index in [0.717, 1.165) is 26.1 Å². The standard InChI is InChI=1S/C14H26N4O/c1-5-6-17-9-7-15(2)13(17)14-16(3)8-10-18(14)11-12-19-4/h7-10,13-14H,5-6,11-12H2,1-4H3. The molecular formula is C14H26N4O. The Morgan fingerprint density at radius 1 is 0.895 bits per heavy atom. The summed E-state index contributed by atoms with van der Waals surface area (Å²) in [5.41, 5.74) is 0. The van der Waals surface area contributed by atoms with Gasteiger partial charge in [-0.25, -0.2) is 0 Å². The van der Waals surface area contributed by atoms with E-state index in [4.69, 9.17) is 4.74 Å². The van der Waals surface area contributed by atoms with Crippen molar-refractivity contribution in [2.75, 3.05) is 40.9 Å². The van der Waals surface area contributed by atoms with Gasteiger partial charge in [-0.2, -0.15) is 0 Å². The van der Waals surface area contributed by atoms with E-state index >= 15 is 0 Å². The zero-order valence-electron chi connectivity index (χ0n) is 12.5. The van der Waals surface area contributed by atoms with Crippen molar-refractivity contribution in [3.05, 3.63) is 24.8 Å². The summed E-state index contributed by atoms with van der Waals surface area (Å²) in [6, 6.07) is 0. The van der Waals surface area contributed by atoms with Crippen LogP contribution in [0.5, 0.6) is 0 Å². The smallest absolute Gasteiger partial charge is 0.141 e. The van der Waals surface area contributed by atoms with Crippen LogP contribution in [0.25, 0.3) is 0 Å². The van der Waals surface area contributed by atoms with E-state index < -0.39 is 0 Å². The Kier molecular flexibility index (Phi) is 4.58. The maximum absolute atomic E-state index is 5.21. The van der Waals surface area contributed by atoms with Crippen molar-refractivity contribution >= 4 is 0 Å². The Morgan fingerprint density at radius 3 is 1.89 bits per heavy atom. The highest BCUT2D eigenvalue weighted by Gasteiger charge is 2.38. The molecule has 108 valence electrons. The molecule has 0 saturated carbocycles. The average molecular weight is 266 g/mol. The quantitative estimate of drug-likeness (QED) is 0.717. The van der Waals surface area contributed by atoms with Gasteiger partial charge >= 0.3 is 0 Å². The summed E-state index contributed by atoms with van der Waals surface area (Å²) in [6.45, 7) is 5.00. The van der Waals surface area contributed by atoms with Crippen LogP contribution in [0.4, 0.5) is 0 Å². The summed E-state index contributed by atoms with van der Waals surface area (Å²) >= 11 is 0. The molecule has 2 unspecified atom stereocenters. The van der Waals surface area contributed by atoms with Crippen molar-refractivity contribution < 1.29 is 4.74 Å². The number of nitrogens with zero attached hydrogens (tertiary/aromatic N) is 4. The van der Waals surface area contributed by atoms with Crippen LogP contribution in [0, 0.1) is 0 Å². The lowest BCUT2D eigenvalue weighted by Gasteiger charge is -2.42. The zero-order chi connectivity index (χ0) is 13.8. The van der Waals surface area contributed by atoms with Crippen molar-refractivity contribution in [3.63, 3.8) is 0 Å². The van der Waals surface area contributed by atoms with Gasteiger partial charge in [0.2, 0.25) is 0 Å². The van der Waals surface area contributed by atoms with Crippen LogP contribution in [0.2, 0.25) is 0 Å². The van der Waals surface area contributed by atoms with E-state index in [1.165, 1.54) is 0 Å². The summed E-state index contributed by atoms with van der Waals surface area (Å²) in [7, 11) is 6.05. The molecule has 19 heavy (non-hydrogen) atoms. The molecule has 0 aromatic rings. The molecule has 0 aromatic heterocycles. The highest BCUT2D eigenvalue weighted by molar-refractivity contribution is 5.06. The summed E-state index contributed by atoms with van der Waals surface area (Å²) in [4.78, 5) is 9.37. The minimum atomic E-state index is 0.335. The average Bonchev–Trinajstić information content (AvgIpc) is 2.91. The van der Waals surface area contributed by atoms with E-state index in [1.807, 2.05) is 0 Å². The second-order valence-electron chi connectivity index (χ2n) is 5.22. The third-order valence-electron chi connectivity index (χ3n) is 3.80. The van der Waals surface area contributed by atoms with Gasteiger partial charge in [0.25, 0.3) is 0 Å². The minimum absolute atomic E-state index is 0.335. The Hall–Kier alpha value is -1.36. The number of ether oxygens (including phenoxy) is 1. The lowest BCUT2D eigenvalue weighted by atomic mass is 10.2.